The van der Waals surface area contributed by atoms with Crippen molar-refractivity contribution in [3.63, 3.8) is 0 Å². The van der Waals surface area contributed by atoms with Gasteiger partial charge in [-0.25, -0.2) is 0 Å². The van der Waals surface area contributed by atoms with Crippen LogP contribution < -0.4 is 5.32 Å². The average Bonchev–Trinajstić information content (AvgIpc) is 3.05. The first kappa shape index (κ1) is 17.6. The molecule has 2 aliphatic rings. The Kier molecular flexibility index (Phi) is 4.76. The summed E-state index contributed by atoms with van der Waals surface area (Å²) in [4.78, 5) is 17.7. The van der Waals surface area contributed by atoms with Gasteiger partial charge in [-0.05, 0) is 48.6 Å². The van der Waals surface area contributed by atoms with E-state index in [1.807, 2.05) is 6.07 Å². The maximum Gasteiger partial charge on any atom is 0.230 e. The van der Waals surface area contributed by atoms with Gasteiger partial charge in [-0.3, -0.25) is 9.79 Å². The molecule has 1 amide bonds. The predicted octanol–water partition coefficient (Wildman–Crippen LogP) is 5.68. The Morgan fingerprint density at radius 3 is 2.65 bits per heavy atom. The van der Waals surface area contributed by atoms with Crippen molar-refractivity contribution in [2.24, 2.45) is 4.99 Å². The summed E-state index contributed by atoms with van der Waals surface area (Å²) in [6.07, 6.45) is 5.87. The molecule has 5 heteroatoms. The van der Waals surface area contributed by atoms with Crippen molar-refractivity contribution < 1.29 is 4.79 Å². The largest absolute Gasteiger partial charge is 0.324 e. The van der Waals surface area contributed by atoms with Crippen molar-refractivity contribution in [1.82, 2.24) is 0 Å². The minimum Gasteiger partial charge on any atom is -0.324 e. The number of carbonyl (C=O) groups excluding carboxylic acids is 1. The molecule has 134 valence electrons. The lowest BCUT2D eigenvalue weighted by Gasteiger charge is -2.32. The topological polar surface area (TPSA) is 41.5 Å². The highest BCUT2D eigenvalue weighted by atomic mass is 35.5. The smallest absolute Gasteiger partial charge is 0.230 e. The van der Waals surface area contributed by atoms with E-state index in [4.69, 9.17) is 28.2 Å². The minimum absolute atomic E-state index is 0.0120. The molecular weight excluding hydrogens is 367 g/mol. The Labute approximate surface area is 163 Å². The van der Waals surface area contributed by atoms with E-state index in [-0.39, 0.29) is 17.9 Å². The van der Waals surface area contributed by atoms with Gasteiger partial charge in [0.05, 0.1) is 28.4 Å². The number of nitrogens with zero attached hydrogens (tertiary/aromatic N) is 1. The maximum absolute atomic E-state index is 12.6. The number of hydrogen-bond donors (Lipinski definition) is 1. The number of amides is 1. The highest BCUT2D eigenvalue weighted by molar-refractivity contribution is 6.36. The molecule has 1 saturated carbocycles. The van der Waals surface area contributed by atoms with Crippen LogP contribution in [-0.4, -0.2) is 17.2 Å². The van der Waals surface area contributed by atoms with Gasteiger partial charge >= 0.3 is 0 Å². The third-order valence-electron chi connectivity index (χ3n) is 5.29. The quantitative estimate of drug-likeness (QED) is 0.723. The number of aliphatic imine (C=N–C) groups is 1. The van der Waals surface area contributed by atoms with Crippen molar-refractivity contribution in [3.8, 4) is 0 Å². The van der Waals surface area contributed by atoms with Crippen molar-refractivity contribution in [2.45, 2.75) is 44.1 Å². The van der Waals surface area contributed by atoms with E-state index in [0.29, 0.717) is 15.7 Å². The number of fused-ring (bicyclic) bond motifs is 1. The van der Waals surface area contributed by atoms with Crippen LogP contribution in [0.5, 0.6) is 0 Å². The fourth-order valence-electron chi connectivity index (χ4n) is 4.09. The van der Waals surface area contributed by atoms with Crippen LogP contribution in [0.25, 0.3) is 0 Å². The van der Waals surface area contributed by atoms with Gasteiger partial charge in [0.1, 0.15) is 0 Å². The van der Waals surface area contributed by atoms with Crippen molar-refractivity contribution in [1.29, 1.82) is 0 Å². The van der Waals surface area contributed by atoms with E-state index in [2.05, 4.69) is 23.5 Å². The summed E-state index contributed by atoms with van der Waals surface area (Å²) in [5.41, 5.74) is 3.85. The summed E-state index contributed by atoms with van der Waals surface area (Å²) in [6, 6.07) is 13.4. The van der Waals surface area contributed by atoms with Gasteiger partial charge in [0.25, 0.3) is 0 Å². The number of rotatable bonds is 3. The molecule has 1 aliphatic heterocycles. The number of nitrogens with one attached hydrogen (secondary N) is 1. The summed E-state index contributed by atoms with van der Waals surface area (Å²) in [7, 11) is 0. The Morgan fingerprint density at radius 2 is 1.88 bits per heavy atom. The molecule has 1 aliphatic carbocycles. The van der Waals surface area contributed by atoms with Crippen LogP contribution in [0.1, 0.15) is 43.2 Å². The molecule has 1 heterocycles. The number of hydrogen-bond acceptors (Lipinski definition) is 2. The molecule has 1 N–H and O–H groups in total. The Bertz CT molecular complexity index is 885. The lowest BCUT2D eigenvalue weighted by atomic mass is 9.82. The molecule has 0 atom stereocenters. The van der Waals surface area contributed by atoms with Gasteiger partial charge in [-0.15, -0.1) is 0 Å². The molecule has 1 spiro atoms. The van der Waals surface area contributed by atoms with E-state index in [1.54, 1.807) is 18.2 Å². The molecule has 2 aromatic rings. The third kappa shape index (κ3) is 3.51. The van der Waals surface area contributed by atoms with Crippen LogP contribution in [0.15, 0.2) is 47.5 Å². The average molecular weight is 387 g/mol. The second kappa shape index (κ2) is 7.05. The monoisotopic (exact) mass is 386 g/mol. The first-order valence-electron chi connectivity index (χ1n) is 8.97. The zero-order valence-electron chi connectivity index (χ0n) is 14.4. The van der Waals surface area contributed by atoms with Crippen molar-refractivity contribution >= 4 is 40.5 Å². The Hall–Kier alpha value is -1.84. The molecule has 1 fully saturated rings. The number of carbonyl (C=O) groups is 1. The fraction of sp³-hybridized carbons (Fsp3) is 0.333. The van der Waals surface area contributed by atoms with Gasteiger partial charge in [0.2, 0.25) is 5.91 Å². The molecule has 0 saturated heterocycles. The molecular formula is C21H20Cl2N2O. The highest BCUT2D eigenvalue weighted by Gasteiger charge is 2.37. The molecule has 3 nitrogen and oxygen atoms in total. The standard InChI is InChI=1S/C21H20Cl2N2O/c22-15-7-8-18(17(23)11-15)24-20(26)12-19-16-6-2-1-5-14(16)13-21(25-19)9-3-4-10-21/h1-2,5-8,11H,3-4,9-10,12-13H2,(H,24,26). The predicted molar refractivity (Wildman–Crippen MR) is 108 cm³/mol. The summed E-state index contributed by atoms with van der Waals surface area (Å²) in [5, 5.41) is 3.86. The number of benzene rings is 2. The SMILES string of the molecule is O=C(CC1=NC2(CCCC2)Cc2ccccc21)Nc1ccc(Cl)cc1Cl. The van der Waals surface area contributed by atoms with Crippen LogP contribution >= 0.6 is 23.2 Å². The van der Waals surface area contributed by atoms with E-state index < -0.39 is 0 Å². The summed E-state index contributed by atoms with van der Waals surface area (Å²) >= 11 is 12.1. The van der Waals surface area contributed by atoms with Gasteiger partial charge in [0.15, 0.2) is 0 Å². The van der Waals surface area contributed by atoms with Crippen LogP contribution in [0.3, 0.4) is 0 Å². The maximum atomic E-state index is 12.6. The van der Waals surface area contributed by atoms with Crippen molar-refractivity contribution in [3.05, 3.63) is 63.6 Å². The van der Waals surface area contributed by atoms with Crippen LogP contribution in [0.4, 0.5) is 5.69 Å². The van der Waals surface area contributed by atoms with Gasteiger partial charge in [-0.1, -0.05) is 60.3 Å². The molecule has 0 unspecified atom stereocenters. The molecule has 4 rings (SSSR count). The second-order valence-corrected chi connectivity index (χ2v) is 8.02. The molecule has 0 radical (unpaired) electrons. The normalized spacial score (nSPS) is 17.7. The van der Waals surface area contributed by atoms with Crippen LogP contribution in [0.2, 0.25) is 10.0 Å². The molecule has 2 aromatic carbocycles. The third-order valence-corrected chi connectivity index (χ3v) is 5.84. The van der Waals surface area contributed by atoms with Gasteiger partial charge < -0.3 is 5.32 Å². The van der Waals surface area contributed by atoms with Crippen molar-refractivity contribution in [2.75, 3.05) is 5.32 Å². The number of halogens is 2. The highest BCUT2D eigenvalue weighted by Crippen LogP contribution is 2.40. The zero-order valence-corrected chi connectivity index (χ0v) is 15.9. The lowest BCUT2D eigenvalue weighted by molar-refractivity contribution is -0.115. The van der Waals surface area contributed by atoms with E-state index in [0.717, 1.165) is 30.5 Å². The van der Waals surface area contributed by atoms with Crippen LogP contribution in [-0.2, 0) is 11.2 Å². The first-order valence-corrected chi connectivity index (χ1v) is 9.72. The van der Waals surface area contributed by atoms with Gasteiger partial charge in [0, 0.05) is 5.02 Å². The molecule has 26 heavy (non-hydrogen) atoms. The fourth-order valence-corrected chi connectivity index (χ4v) is 4.55. The Morgan fingerprint density at radius 1 is 1.12 bits per heavy atom. The van der Waals surface area contributed by atoms with Gasteiger partial charge in [-0.2, -0.15) is 0 Å². The zero-order chi connectivity index (χ0) is 18.1. The number of anilines is 1. The Balaban J connectivity index is 1.58. The first-order chi connectivity index (χ1) is 12.5. The van der Waals surface area contributed by atoms with E-state index >= 15 is 0 Å². The molecule has 0 bridgehead atoms. The molecule has 0 aromatic heterocycles. The lowest BCUT2D eigenvalue weighted by Crippen LogP contribution is -2.33. The minimum atomic E-state index is -0.113. The van der Waals surface area contributed by atoms with E-state index in [9.17, 15) is 4.79 Å². The summed E-state index contributed by atoms with van der Waals surface area (Å²) in [5.74, 6) is -0.113. The van der Waals surface area contributed by atoms with Crippen LogP contribution in [0, 0.1) is 0 Å². The van der Waals surface area contributed by atoms with E-state index in [1.165, 1.54) is 18.4 Å². The summed E-state index contributed by atoms with van der Waals surface area (Å²) in [6.45, 7) is 0. The summed E-state index contributed by atoms with van der Waals surface area (Å²) < 4.78 is 0. The second-order valence-electron chi connectivity index (χ2n) is 7.17.